The third-order valence-electron chi connectivity index (χ3n) is 11.5. The van der Waals surface area contributed by atoms with E-state index in [1.165, 1.54) is 77.2 Å². The fourth-order valence-corrected chi connectivity index (χ4v) is 9.14. The van der Waals surface area contributed by atoms with Crippen molar-refractivity contribution in [1.82, 2.24) is 9.55 Å². The molecule has 0 radical (unpaired) electrons. The molecular formula is C52H34N2. The lowest BCUT2D eigenvalue weighted by Crippen LogP contribution is -2.28. The number of fused-ring (bicyclic) bond motifs is 7. The van der Waals surface area contributed by atoms with Crippen LogP contribution in [0.15, 0.2) is 207 Å². The summed E-state index contributed by atoms with van der Waals surface area (Å²) in [4.78, 5) is 4.60. The Morgan fingerprint density at radius 1 is 0.389 bits per heavy atom. The van der Waals surface area contributed by atoms with Crippen molar-refractivity contribution in [2.75, 3.05) is 0 Å². The fraction of sp³-hybridized carbons (Fsp3) is 0.0192. The predicted molar refractivity (Wildman–Crippen MR) is 224 cm³/mol. The van der Waals surface area contributed by atoms with Gasteiger partial charge in [-0.15, -0.1) is 0 Å². The SMILES string of the molecule is c1ccc(C2(c3ccccc3)c3ccccc3-c3ccc(-c4ccc5c(c4)c4ccncc4n5-c4cccc(-c5ccc6ccccc6c5)c4)cc32)cc1. The van der Waals surface area contributed by atoms with Crippen molar-refractivity contribution in [2.45, 2.75) is 5.41 Å². The molecule has 0 bridgehead atoms. The molecule has 11 rings (SSSR count). The molecule has 0 unspecified atom stereocenters. The highest BCUT2D eigenvalue weighted by molar-refractivity contribution is 6.10. The van der Waals surface area contributed by atoms with Crippen molar-refractivity contribution in [1.29, 1.82) is 0 Å². The Morgan fingerprint density at radius 3 is 1.87 bits per heavy atom. The van der Waals surface area contributed by atoms with E-state index in [2.05, 4.69) is 204 Å². The second kappa shape index (κ2) is 12.0. The number of hydrogen-bond acceptors (Lipinski definition) is 1. The first kappa shape index (κ1) is 30.6. The molecule has 0 amide bonds. The molecule has 2 nitrogen and oxygen atoms in total. The lowest BCUT2D eigenvalue weighted by molar-refractivity contribution is 0.769. The predicted octanol–water partition coefficient (Wildman–Crippen LogP) is 13.0. The van der Waals surface area contributed by atoms with Crippen LogP contribution in [-0.2, 0) is 5.41 Å². The summed E-state index contributed by atoms with van der Waals surface area (Å²) < 4.78 is 2.36. The molecular weight excluding hydrogens is 653 g/mol. The minimum absolute atomic E-state index is 0.438. The molecule has 10 aromatic rings. The van der Waals surface area contributed by atoms with Gasteiger partial charge >= 0.3 is 0 Å². The van der Waals surface area contributed by atoms with E-state index in [-0.39, 0.29) is 0 Å². The van der Waals surface area contributed by atoms with E-state index in [1.807, 2.05) is 12.4 Å². The second-order valence-corrected chi connectivity index (χ2v) is 14.4. The van der Waals surface area contributed by atoms with Gasteiger partial charge in [0.05, 0.1) is 22.6 Å². The molecule has 8 aromatic carbocycles. The fourth-order valence-electron chi connectivity index (χ4n) is 9.14. The van der Waals surface area contributed by atoms with Crippen LogP contribution in [0.25, 0.3) is 71.6 Å². The van der Waals surface area contributed by atoms with Gasteiger partial charge in [0.25, 0.3) is 0 Å². The summed E-state index contributed by atoms with van der Waals surface area (Å²) in [7, 11) is 0. The first-order valence-electron chi connectivity index (χ1n) is 18.6. The zero-order valence-electron chi connectivity index (χ0n) is 29.5. The Hall–Kier alpha value is -7.03. The van der Waals surface area contributed by atoms with Crippen molar-refractivity contribution in [3.05, 3.63) is 229 Å². The summed E-state index contributed by atoms with van der Waals surface area (Å²) in [6.07, 6.45) is 3.91. The average Bonchev–Trinajstić information content (AvgIpc) is 3.74. The third-order valence-corrected chi connectivity index (χ3v) is 11.5. The normalized spacial score (nSPS) is 13.0. The molecule has 0 atom stereocenters. The highest BCUT2D eigenvalue weighted by atomic mass is 15.0. The average molecular weight is 687 g/mol. The summed E-state index contributed by atoms with van der Waals surface area (Å²) in [5.41, 5.74) is 15.5. The molecule has 0 fully saturated rings. The van der Waals surface area contributed by atoms with Crippen LogP contribution in [0.4, 0.5) is 0 Å². The number of nitrogens with zero attached hydrogens (tertiary/aromatic N) is 2. The number of pyridine rings is 1. The van der Waals surface area contributed by atoms with Crippen LogP contribution in [0.3, 0.4) is 0 Å². The summed E-state index contributed by atoms with van der Waals surface area (Å²) in [6, 6.07) is 71.3. The van der Waals surface area contributed by atoms with Crippen LogP contribution in [0.2, 0.25) is 0 Å². The monoisotopic (exact) mass is 686 g/mol. The Morgan fingerprint density at radius 2 is 1.04 bits per heavy atom. The lowest BCUT2D eigenvalue weighted by Gasteiger charge is -2.34. The molecule has 0 spiro atoms. The first-order valence-corrected chi connectivity index (χ1v) is 18.6. The highest BCUT2D eigenvalue weighted by Crippen LogP contribution is 2.56. The Labute approximate surface area is 314 Å². The Bertz CT molecular complexity index is 3010. The standard InChI is InChI=1S/C52H34N2/c1-3-15-41(16-4-1)52(42-17-5-2-6-18-42)48-21-10-9-20-44(48)45-26-24-40(33-49(45)52)39-25-27-50-47(32-39)46-28-29-53-34-51(46)54(50)43-19-11-14-37(31-43)38-23-22-35-12-7-8-13-36(35)30-38/h1-34H. The summed E-state index contributed by atoms with van der Waals surface area (Å²) in [5, 5.41) is 4.89. The van der Waals surface area contributed by atoms with Crippen LogP contribution >= 0.6 is 0 Å². The third kappa shape index (κ3) is 4.50. The van der Waals surface area contributed by atoms with E-state index in [0.717, 1.165) is 16.7 Å². The minimum Gasteiger partial charge on any atom is -0.308 e. The van der Waals surface area contributed by atoms with Gasteiger partial charge in [-0.2, -0.15) is 0 Å². The van der Waals surface area contributed by atoms with Crippen LogP contribution in [-0.4, -0.2) is 9.55 Å². The zero-order valence-corrected chi connectivity index (χ0v) is 29.5. The molecule has 2 aromatic heterocycles. The van der Waals surface area contributed by atoms with Gasteiger partial charge in [-0.3, -0.25) is 4.98 Å². The molecule has 54 heavy (non-hydrogen) atoms. The van der Waals surface area contributed by atoms with Crippen molar-refractivity contribution >= 4 is 32.6 Å². The molecule has 252 valence electrons. The number of benzene rings is 8. The van der Waals surface area contributed by atoms with Gasteiger partial charge < -0.3 is 4.57 Å². The van der Waals surface area contributed by atoms with Crippen molar-refractivity contribution in [3.63, 3.8) is 0 Å². The minimum atomic E-state index is -0.438. The molecule has 0 aliphatic heterocycles. The van der Waals surface area contributed by atoms with Crippen molar-refractivity contribution in [3.8, 4) is 39.1 Å². The van der Waals surface area contributed by atoms with E-state index in [4.69, 9.17) is 0 Å². The molecule has 0 saturated carbocycles. The summed E-state index contributed by atoms with van der Waals surface area (Å²) in [5.74, 6) is 0. The van der Waals surface area contributed by atoms with Gasteiger partial charge in [0.15, 0.2) is 0 Å². The number of aromatic nitrogens is 2. The van der Waals surface area contributed by atoms with Crippen LogP contribution in [0.5, 0.6) is 0 Å². The molecule has 0 N–H and O–H groups in total. The maximum atomic E-state index is 4.60. The lowest BCUT2D eigenvalue weighted by atomic mass is 9.67. The Balaban J connectivity index is 1.09. The highest BCUT2D eigenvalue weighted by Gasteiger charge is 2.46. The van der Waals surface area contributed by atoms with Gasteiger partial charge in [-0.1, -0.05) is 152 Å². The maximum Gasteiger partial charge on any atom is 0.0724 e. The van der Waals surface area contributed by atoms with Gasteiger partial charge in [0, 0.05) is 22.7 Å². The largest absolute Gasteiger partial charge is 0.308 e. The number of hydrogen-bond donors (Lipinski definition) is 0. The van der Waals surface area contributed by atoms with Crippen molar-refractivity contribution < 1.29 is 0 Å². The van der Waals surface area contributed by atoms with E-state index >= 15 is 0 Å². The molecule has 1 aliphatic carbocycles. The van der Waals surface area contributed by atoms with Gasteiger partial charge in [-0.05, 0) is 109 Å². The van der Waals surface area contributed by atoms with E-state index < -0.39 is 5.41 Å². The maximum absolute atomic E-state index is 4.60. The number of rotatable bonds is 5. The van der Waals surface area contributed by atoms with Gasteiger partial charge in [0.2, 0.25) is 0 Å². The zero-order chi connectivity index (χ0) is 35.6. The van der Waals surface area contributed by atoms with Gasteiger partial charge in [0.1, 0.15) is 0 Å². The quantitative estimate of drug-likeness (QED) is 0.176. The first-order chi connectivity index (χ1) is 26.8. The van der Waals surface area contributed by atoms with E-state index in [9.17, 15) is 0 Å². The summed E-state index contributed by atoms with van der Waals surface area (Å²) in [6.45, 7) is 0. The van der Waals surface area contributed by atoms with Crippen LogP contribution in [0.1, 0.15) is 22.3 Å². The van der Waals surface area contributed by atoms with Crippen LogP contribution < -0.4 is 0 Å². The molecule has 0 saturated heterocycles. The summed E-state index contributed by atoms with van der Waals surface area (Å²) >= 11 is 0. The van der Waals surface area contributed by atoms with Gasteiger partial charge in [-0.25, -0.2) is 0 Å². The van der Waals surface area contributed by atoms with E-state index in [0.29, 0.717) is 0 Å². The molecule has 1 aliphatic rings. The second-order valence-electron chi connectivity index (χ2n) is 14.4. The van der Waals surface area contributed by atoms with E-state index in [1.54, 1.807) is 0 Å². The molecule has 2 heterocycles. The van der Waals surface area contributed by atoms with Crippen molar-refractivity contribution in [2.24, 2.45) is 0 Å². The smallest absolute Gasteiger partial charge is 0.0724 e. The van der Waals surface area contributed by atoms with Crippen LogP contribution in [0, 0.1) is 0 Å². The molecule has 2 heteroatoms. The topological polar surface area (TPSA) is 17.8 Å². The Kier molecular flexibility index (Phi) is 6.80.